The molecule has 0 atom stereocenters. The number of amides is 8. The van der Waals surface area contributed by atoms with Gasteiger partial charge in [-0.05, 0) is 78.1 Å². The summed E-state index contributed by atoms with van der Waals surface area (Å²) in [6.45, 7) is 3.15. The molecule has 3 aliphatic rings. The van der Waals surface area contributed by atoms with Crippen LogP contribution in [0.2, 0.25) is 10.0 Å². The van der Waals surface area contributed by atoms with Crippen molar-refractivity contribution in [2.75, 3.05) is 113 Å². The second-order valence-electron chi connectivity index (χ2n) is 22.3. The number of fused-ring (bicyclic) bond motifs is 6. The van der Waals surface area contributed by atoms with Crippen LogP contribution in [0.1, 0.15) is 53.4 Å². The molecule has 0 saturated carbocycles. The number of carbonyl (C=O) groups excluding carboxylic acids is 8. The molecule has 456 valence electrons. The predicted molar refractivity (Wildman–Crippen MR) is 326 cm³/mol. The SMILES string of the molecule is COc1cc2c(cc1-c1cccc(NC(=O)CN(C)C(=O)CN(C)C(=O)CN(C)C(=O)CN(C)C(=O)CN(C)C(=O)CCNC(=O)OCC3c4ccccc4-c4ccccc43)c1)-c1c(c(C(=O)N3CCOCC3(C)C)nn1-c1cc(Cl)cc(Cl)c1)CO2. The molecular weight excluding hydrogens is 1160 g/mol. The fourth-order valence-corrected chi connectivity index (χ4v) is 11.2. The molecule has 2 N–H and O–H groups in total. The van der Waals surface area contributed by atoms with E-state index < -0.39 is 66.7 Å². The Hall–Kier alpha value is -8.99. The number of likely N-dealkylation sites (N-methyl/N-ethyl adjacent to an activating group) is 5. The van der Waals surface area contributed by atoms with E-state index >= 15 is 0 Å². The van der Waals surface area contributed by atoms with Gasteiger partial charge >= 0.3 is 6.09 Å². The lowest BCUT2D eigenvalue weighted by Gasteiger charge is -2.41. The summed E-state index contributed by atoms with van der Waals surface area (Å²) < 4.78 is 25.1. The number of hydrogen-bond acceptors (Lipinski definition) is 13. The first-order valence-electron chi connectivity index (χ1n) is 28.0. The number of hydrogen-bond donors (Lipinski definition) is 2. The highest BCUT2D eigenvalue weighted by molar-refractivity contribution is 6.35. The maximum atomic E-state index is 14.4. The molecule has 87 heavy (non-hydrogen) atoms. The molecule has 8 amide bonds. The van der Waals surface area contributed by atoms with E-state index in [1.807, 2.05) is 74.5 Å². The molecule has 0 bridgehead atoms. The maximum Gasteiger partial charge on any atom is 0.407 e. The fourth-order valence-electron chi connectivity index (χ4n) is 10.7. The van der Waals surface area contributed by atoms with Gasteiger partial charge in [-0.3, -0.25) is 33.6 Å². The number of benzene rings is 5. The largest absolute Gasteiger partial charge is 0.496 e. The lowest BCUT2D eigenvalue weighted by atomic mass is 9.95. The number of methoxy groups -OCH3 is 1. The van der Waals surface area contributed by atoms with Gasteiger partial charge in [-0.15, -0.1) is 0 Å². The van der Waals surface area contributed by atoms with Crippen molar-refractivity contribution in [3.8, 4) is 50.7 Å². The number of alkyl carbamates (subject to hydrolysis) is 1. The average Bonchev–Trinajstić information content (AvgIpc) is 1.80. The molecule has 5 aromatic carbocycles. The van der Waals surface area contributed by atoms with E-state index in [2.05, 4.69) is 10.6 Å². The van der Waals surface area contributed by atoms with Crippen molar-refractivity contribution >= 4 is 76.3 Å². The van der Waals surface area contributed by atoms with Crippen LogP contribution >= 0.6 is 23.2 Å². The average molecular weight is 1230 g/mol. The fraction of sp³-hybridized carbons (Fsp3) is 0.349. The van der Waals surface area contributed by atoms with Crippen LogP contribution in [0, 0.1) is 0 Å². The molecule has 1 aromatic heterocycles. The number of anilines is 1. The van der Waals surface area contributed by atoms with E-state index in [4.69, 9.17) is 47.2 Å². The van der Waals surface area contributed by atoms with Gasteiger partial charge < -0.3 is 59.0 Å². The van der Waals surface area contributed by atoms with E-state index in [9.17, 15) is 38.4 Å². The smallest absolute Gasteiger partial charge is 0.407 e. The lowest BCUT2D eigenvalue weighted by Crippen LogP contribution is -2.55. The van der Waals surface area contributed by atoms with E-state index in [1.165, 1.54) is 52.1 Å². The van der Waals surface area contributed by atoms with Crippen molar-refractivity contribution in [2.45, 2.75) is 38.3 Å². The van der Waals surface area contributed by atoms with E-state index in [1.54, 1.807) is 52.0 Å². The van der Waals surface area contributed by atoms with Crippen molar-refractivity contribution in [2.24, 2.45) is 0 Å². The number of ether oxygens (including phenoxy) is 4. The first-order valence-corrected chi connectivity index (χ1v) is 28.8. The van der Waals surface area contributed by atoms with E-state index in [0.717, 1.165) is 37.0 Å². The lowest BCUT2D eigenvalue weighted by molar-refractivity contribution is -0.145. The molecule has 3 heterocycles. The molecule has 1 fully saturated rings. The van der Waals surface area contributed by atoms with Crippen LogP contribution in [0.3, 0.4) is 0 Å². The predicted octanol–water partition coefficient (Wildman–Crippen LogP) is 6.82. The Bertz CT molecular complexity index is 3620. The normalized spacial score (nSPS) is 13.6. The first kappa shape index (κ1) is 62.5. The van der Waals surface area contributed by atoms with Gasteiger partial charge in [0.05, 0.1) is 70.0 Å². The Morgan fingerprint density at radius 1 is 0.678 bits per heavy atom. The summed E-state index contributed by atoms with van der Waals surface area (Å²) >= 11 is 13.0. The third-order valence-electron chi connectivity index (χ3n) is 15.5. The highest BCUT2D eigenvalue weighted by atomic mass is 35.5. The van der Waals surface area contributed by atoms with Gasteiger partial charge in [-0.2, -0.15) is 5.10 Å². The molecular formula is C63H68Cl2N10O12. The number of nitrogens with zero attached hydrogens (tertiary/aromatic N) is 8. The topological polar surface area (TPSA) is 235 Å². The van der Waals surface area contributed by atoms with Crippen LogP contribution in [-0.2, 0) is 44.8 Å². The Morgan fingerprint density at radius 3 is 1.84 bits per heavy atom. The van der Waals surface area contributed by atoms with Crippen LogP contribution in [0.25, 0.3) is 39.2 Å². The minimum absolute atomic E-state index is 0.0281. The van der Waals surface area contributed by atoms with Crippen molar-refractivity contribution in [1.82, 2.24) is 44.5 Å². The zero-order chi connectivity index (χ0) is 62.4. The van der Waals surface area contributed by atoms with Gasteiger partial charge in [0.25, 0.3) is 5.91 Å². The molecule has 0 unspecified atom stereocenters. The molecule has 9 rings (SSSR count). The van der Waals surface area contributed by atoms with E-state index in [0.29, 0.717) is 80.6 Å². The third kappa shape index (κ3) is 14.1. The summed E-state index contributed by atoms with van der Waals surface area (Å²) in [5, 5.41) is 11.1. The number of carbonyl (C=O) groups is 8. The van der Waals surface area contributed by atoms with Gasteiger partial charge in [0.15, 0.2) is 5.69 Å². The van der Waals surface area contributed by atoms with Crippen molar-refractivity contribution in [3.05, 3.63) is 136 Å². The van der Waals surface area contributed by atoms with Gasteiger partial charge in [0.2, 0.25) is 35.4 Å². The van der Waals surface area contributed by atoms with Crippen LogP contribution in [0.4, 0.5) is 10.5 Å². The third-order valence-corrected chi connectivity index (χ3v) is 15.9. The monoisotopic (exact) mass is 1230 g/mol. The summed E-state index contributed by atoms with van der Waals surface area (Å²) in [6.07, 6.45) is -0.781. The van der Waals surface area contributed by atoms with Gasteiger partial charge in [-0.25, -0.2) is 9.48 Å². The van der Waals surface area contributed by atoms with Gasteiger partial charge in [0, 0.05) is 99.2 Å². The Labute approximate surface area is 513 Å². The van der Waals surface area contributed by atoms with E-state index in [-0.39, 0.29) is 56.8 Å². The summed E-state index contributed by atoms with van der Waals surface area (Å²) in [5.74, 6) is -2.68. The van der Waals surface area contributed by atoms with Crippen LogP contribution in [0.5, 0.6) is 11.5 Å². The highest BCUT2D eigenvalue weighted by Crippen LogP contribution is 2.48. The van der Waals surface area contributed by atoms with Crippen LogP contribution in [-0.4, -0.2) is 200 Å². The zero-order valence-electron chi connectivity index (χ0n) is 49.6. The molecule has 1 saturated heterocycles. The zero-order valence-corrected chi connectivity index (χ0v) is 51.1. The number of halogens is 2. The minimum Gasteiger partial charge on any atom is -0.496 e. The van der Waals surface area contributed by atoms with Crippen molar-refractivity contribution in [3.63, 3.8) is 0 Å². The minimum atomic E-state index is -0.674. The molecule has 1 aliphatic carbocycles. The summed E-state index contributed by atoms with van der Waals surface area (Å²) in [5.41, 5.74) is 7.87. The van der Waals surface area contributed by atoms with Crippen molar-refractivity contribution in [1.29, 1.82) is 0 Å². The second-order valence-corrected chi connectivity index (χ2v) is 23.1. The summed E-state index contributed by atoms with van der Waals surface area (Å²) in [4.78, 5) is 114. The second kappa shape index (κ2) is 26.7. The molecule has 24 heteroatoms. The standard InChI is InChI=1S/C63H68Cl2N10O12/c1-63(2)37-85-23-22-74(63)61(82)59-50-36-86-52-29-51(84-8)47(28-48(52)60(50)75(68-59)42-26-39(64)25-40(65)27-42)38-14-13-15-41(24-38)67-53(76)30-69(3)55(78)32-71(5)57(80)34-73(7)58(81)33-72(6)56(79)31-70(4)54(77)20-21-66-62(83)87-35-49-45-18-11-9-16-43(45)44-17-10-12-19-46(44)49/h9-19,24-29,49H,20-23,30-37H2,1-8H3,(H,66,83)(H,67,76). The molecule has 0 radical (unpaired) electrons. The maximum absolute atomic E-state index is 14.4. The first-order chi connectivity index (χ1) is 41.5. The quantitative estimate of drug-likeness (QED) is 0.0799. The number of nitrogens with one attached hydrogen (secondary N) is 2. The molecule has 0 spiro atoms. The molecule has 2 aliphatic heterocycles. The Kier molecular flexibility index (Phi) is 19.2. The van der Waals surface area contributed by atoms with Crippen LogP contribution < -0.4 is 20.1 Å². The molecule has 22 nitrogen and oxygen atoms in total. The number of aromatic nitrogens is 2. The van der Waals surface area contributed by atoms with Crippen molar-refractivity contribution < 1.29 is 57.3 Å². The number of rotatable bonds is 20. The highest BCUT2D eigenvalue weighted by Gasteiger charge is 2.40. The van der Waals surface area contributed by atoms with Gasteiger partial charge in [-0.1, -0.05) is 83.9 Å². The molecule has 6 aromatic rings. The number of morpholine rings is 1. The van der Waals surface area contributed by atoms with Crippen LogP contribution in [0.15, 0.2) is 103 Å². The van der Waals surface area contributed by atoms with Gasteiger partial charge in [0.1, 0.15) is 24.7 Å². The Balaban J connectivity index is 0.742. The summed E-state index contributed by atoms with van der Waals surface area (Å²) in [6, 6.07) is 31.6. The summed E-state index contributed by atoms with van der Waals surface area (Å²) in [7, 11) is 8.55. The Morgan fingerprint density at radius 2 is 1.25 bits per heavy atom.